The Kier molecular flexibility index (Phi) is 4.38. The van der Waals surface area contributed by atoms with E-state index in [0.717, 1.165) is 5.39 Å². The molecule has 1 aliphatic heterocycles. The second-order valence-electron chi connectivity index (χ2n) is 7.00. The Morgan fingerprint density at radius 3 is 2.54 bits per heavy atom. The quantitative estimate of drug-likeness (QED) is 0.535. The van der Waals surface area contributed by atoms with Crippen LogP contribution in [0.5, 0.6) is 5.75 Å². The summed E-state index contributed by atoms with van der Waals surface area (Å²) >= 11 is 0. The smallest absolute Gasteiger partial charge is 0.308 e. The number of amides is 1. The number of ether oxygens (including phenoxy) is 1. The van der Waals surface area contributed by atoms with Gasteiger partial charge in [-0.1, -0.05) is 24.3 Å². The first-order chi connectivity index (χ1) is 13.2. The summed E-state index contributed by atoms with van der Waals surface area (Å²) in [6.45, 7) is 2.99. The summed E-state index contributed by atoms with van der Waals surface area (Å²) in [5.74, 6) is -0.0962. The predicted molar refractivity (Wildman–Crippen MR) is 104 cm³/mol. The highest BCUT2D eigenvalue weighted by Crippen LogP contribution is 2.37. The van der Waals surface area contributed by atoms with E-state index < -0.39 is 27.8 Å². The first-order valence-electron chi connectivity index (χ1n) is 8.90. The van der Waals surface area contributed by atoms with Crippen LogP contribution >= 0.6 is 0 Å². The van der Waals surface area contributed by atoms with Gasteiger partial charge in [0.15, 0.2) is 9.84 Å². The molecule has 8 heteroatoms. The van der Waals surface area contributed by atoms with Gasteiger partial charge in [-0.3, -0.25) is 9.59 Å². The van der Waals surface area contributed by atoms with E-state index in [1.165, 1.54) is 6.92 Å². The topological polar surface area (TPSA) is 103 Å². The zero-order valence-corrected chi connectivity index (χ0v) is 16.3. The van der Waals surface area contributed by atoms with Crippen molar-refractivity contribution in [1.82, 2.24) is 5.32 Å². The molecule has 3 aromatic rings. The van der Waals surface area contributed by atoms with Crippen molar-refractivity contribution < 1.29 is 27.2 Å². The van der Waals surface area contributed by atoms with Gasteiger partial charge in [-0.2, -0.15) is 0 Å². The number of hydrogen-bond donors (Lipinski definition) is 1. The zero-order valence-electron chi connectivity index (χ0n) is 15.4. The molecule has 0 aliphatic carbocycles. The average molecular weight is 401 g/mol. The molecule has 1 unspecified atom stereocenters. The monoisotopic (exact) mass is 401 g/mol. The summed E-state index contributed by atoms with van der Waals surface area (Å²) in [5.41, 5.74) is 0.839. The number of nitrogens with one attached hydrogen (secondary N) is 1. The van der Waals surface area contributed by atoms with E-state index in [9.17, 15) is 18.0 Å². The van der Waals surface area contributed by atoms with E-state index in [4.69, 9.17) is 9.15 Å². The van der Waals surface area contributed by atoms with Crippen molar-refractivity contribution in [3.05, 3.63) is 41.7 Å². The molecule has 1 fully saturated rings. The summed E-state index contributed by atoms with van der Waals surface area (Å²) in [6.07, 6.45) is 0.393. The zero-order chi connectivity index (χ0) is 20.1. The summed E-state index contributed by atoms with van der Waals surface area (Å²) < 4.78 is 34.6. The molecule has 0 bridgehead atoms. The van der Waals surface area contributed by atoms with E-state index >= 15 is 0 Å². The van der Waals surface area contributed by atoms with Crippen molar-refractivity contribution >= 4 is 43.5 Å². The van der Waals surface area contributed by atoms with E-state index in [1.54, 1.807) is 13.0 Å². The minimum Gasteiger partial charge on any atom is -0.460 e. The molecule has 1 atom stereocenters. The van der Waals surface area contributed by atoms with Crippen molar-refractivity contribution in [3.8, 4) is 5.75 Å². The number of rotatable bonds is 3. The number of benzene rings is 2. The molecule has 1 saturated heterocycles. The highest BCUT2D eigenvalue weighted by molar-refractivity contribution is 7.91. The standard InChI is InChI=1S/C20H19NO6S/c1-11-18(20(23)21-13-7-8-28(24,25)10-13)16-9-17(27-12(2)22)14-5-3-4-6-15(14)19(16)26-11/h3-6,9,13H,7-8,10H2,1-2H3,(H,21,23). The van der Waals surface area contributed by atoms with Crippen LogP contribution in [-0.4, -0.2) is 37.8 Å². The lowest BCUT2D eigenvalue weighted by Gasteiger charge is -2.11. The maximum atomic E-state index is 12.9. The lowest BCUT2D eigenvalue weighted by atomic mass is 10.0. The van der Waals surface area contributed by atoms with Crippen LogP contribution in [0.15, 0.2) is 34.7 Å². The normalized spacial score (nSPS) is 18.4. The molecule has 1 aromatic heterocycles. The van der Waals surface area contributed by atoms with E-state index in [1.807, 2.05) is 24.3 Å². The molecule has 2 aromatic carbocycles. The lowest BCUT2D eigenvalue weighted by molar-refractivity contribution is -0.131. The van der Waals surface area contributed by atoms with Gasteiger partial charge in [0.05, 0.1) is 17.1 Å². The Hall–Kier alpha value is -2.87. The third-order valence-corrected chi connectivity index (χ3v) is 6.65. The SMILES string of the molecule is CC(=O)Oc1cc2c(C(=O)NC3CCS(=O)(=O)C3)c(C)oc2c2ccccc12. The van der Waals surface area contributed by atoms with E-state index in [0.29, 0.717) is 39.8 Å². The highest BCUT2D eigenvalue weighted by atomic mass is 32.2. The van der Waals surface area contributed by atoms with Gasteiger partial charge < -0.3 is 14.5 Å². The van der Waals surface area contributed by atoms with Crippen molar-refractivity contribution in [3.63, 3.8) is 0 Å². The Balaban J connectivity index is 1.83. The molecule has 2 heterocycles. The molecule has 1 amide bonds. The Bertz CT molecular complexity index is 1220. The van der Waals surface area contributed by atoms with Crippen LogP contribution in [0, 0.1) is 6.92 Å². The molecule has 1 aliphatic rings. The number of carbonyl (C=O) groups excluding carboxylic acids is 2. The number of esters is 1. The second-order valence-corrected chi connectivity index (χ2v) is 9.23. The Morgan fingerprint density at radius 1 is 1.18 bits per heavy atom. The summed E-state index contributed by atoms with van der Waals surface area (Å²) in [5, 5.41) is 4.74. The fourth-order valence-electron chi connectivity index (χ4n) is 3.69. The lowest BCUT2D eigenvalue weighted by Crippen LogP contribution is -2.35. The average Bonchev–Trinajstić information content (AvgIpc) is 3.13. The van der Waals surface area contributed by atoms with Crippen LogP contribution in [0.1, 0.15) is 29.5 Å². The second kappa shape index (κ2) is 6.63. The maximum Gasteiger partial charge on any atom is 0.308 e. The van der Waals surface area contributed by atoms with Crippen LogP contribution in [0.2, 0.25) is 0 Å². The number of carbonyl (C=O) groups is 2. The van der Waals surface area contributed by atoms with Gasteiger partial charge in [-0.25, -0.2) is 8.42 Å². The molecule has 0 radical (unpaired) electrons. The van der Waals surface area contributed by atoms with Gasteiger partial charge in [0.1, 0.15) is 17.1 Å². The van der Waals surface area contributed by atoms with Crippen molar-refractivity contribution in [2.45, 2.75) is 26.3 Å². The van der Waals surface area contributed by atoms with E-state index in [-0.39, 0.29) is 11.5 Å². The van der Waals surface area contributed by atoms with Crippen LogP contribution in [0.25, 0.3) is 21.7 Å². The Morgan fingerprint density at radius 2 is 1.89 bits per heavy atom. The van der Waals surface area contributed by atoms with Gasteiger partial charge >= 0.3 is 5.97 Å². The van der Waals surface area contributed by atoms with Gasteiger partial charge in [0, 0.05) is 29.1 Å². The number of fused-ring (bicyclic) bond motifs is 3. The summed E-state index contributed by atoms with van der Waals surface area (Å²) in [6, 6.07) is 8.50. The number of sulfone groups is 1. The fraction of sp³-hybridized carbons (Fsp3) is 0.300. The van der Waals surface area contributed by atoms with Gasteiger partial charge in [0.2, 0.25) is 0 Å². The minimum absolute atomic E-state index is 0.0603. The number of furan rings is 1. The molecule has 146 valence electrons. The highest BCUT2D eigenvalue weighted by Gasteiger charge is 2.31. The van der Waals surface area contributed by atoms with E-state index in [2.05, 4.69) is 5.32 Å². The van der Waals surface area contributed by atoms with Gasteiger partial charge in [-0.15, -0.1) is 0 Å². The van der Waals surface area contributed by atoms with Crippen LogP contribution in [0.3, 0.4) is 0 Å². The first-order valence-corrected chi connectivity index (χ1v) is 10.7. The summed E-state index contributed by atoms with van der Waals surface area (Å²) in [4.78, 5) is 24.4. The van der Waals surface area contributed by atoms with Gasteiger partial charge in [0.25, 0.3) is 5.91 Å². The molecule has 0 spiro atoms. The van der Waals surface area contributed by atoms with Gasteiger partial charge in [-0.05, 0) is 19.4 Å². The first kappa shape index (κ1) is 18.5. The minimum atomic E-state index is -3.11. The van der Waals surface area contributed by atoms with Crippen LogP contribution in [0.4, 0.5) is 0 Å². The molecular weight excluding hydrogens is 382 g/mol. The van der Waals surface area contributed by atoms with Crippen LogP contribution < -0.4 is 10.1 Å². The molecule has 7 nitrogen and oxygen atoms in total. The predicted octanol–water partition coefficient (Wildman–Crippen LogP) is 2.74. The van der Waals surface area contributed by atoms with Crippen molar-refractivity contribution in [2.24, 2.45) is 0 Å². The number of hydrogen-bond acceptors (Lipinski definition) is 6. The molecular formula is C20H19NO6S. The molecule has 28 heavy (non-hydrogen) atoms. The fourth-order valence-corrected chi connectivity index (χ4v) is 5.37. The molecule has 4 rings (SSSR count). The number of aryl methyl sites for hydroxylation is 1. The molecule has 1 N–H and O–H groups in total. The van der Waals surface area contributed by atoms with Crippen molar-refractivity contribution in [2.75, 3.05) is 11.5 Å². The van der Waals surface area contributed by atoms with Crippen molar-refractivity contribution in [1.29, 1.82) is 0 Å². The summed E-state index contributed by atoms with van der Waals surface area (Å²) in [7, 11) is -3.11. The largest absolute Gasteiger partial charge is 0.460 e. The molecule has 0 saturated carbocycles. The third kappa shape index (κ3) is 3.24. The van der Waals surface area contributed by atoms with Crippen LogP contribution in [-0.2, 0) is 14.6 Å². The maximum absolute atomic E-state index is 12.9. The third-order valence-electron chi connectivity index (χ3n) is 4.88. The Labute approximate surface area is 161 Å².